The standard InChI is InChI=1S/C37H45N7O5S/c1-24-9-7-10-25(2)34(24)30-20-33-41-36(39-30)42-50(46,47)29-12-8-11-26(19-29)35(45)44(28(23-49-33)21-37(3,4)5)22-31-38-16-13-32(40-31)43(6)27-14-17-48-18-15-27/h7-13,16,19-20,27-28H,14-15,17-18,21-23H2,1-6H3,(H,39,41,42)/t28-/m1/s1. The van der Waals surface area contributed by atoms with Crippen LogP contribution >= 0.6 is 0 Å². The molecule has 1 amide bonds. The lowest BCUT2D eigenvalue weighted by molar-refractivity contribution is 0.0505. The minimum atomic E-state index is -4.19. The van der Waals surface area contributed by atoms with Gasteiger partial charge in [-0.15, -0.1) is 0 Å². The molecular weight excluding hydrogens is 655 g/mol. The van der Waals surface area contributed by atoms with Crippen molar-refractivity contribution in [1.82, 2.24) is 24.8 Å². The van der Waals surface area contributed by atoms with E-state index in [0.717, 1.165) is 35.3 Å². The number of carbonyl (C=O) groups is 1. The molecule has 0 spiro atoms. The van der Waals surface area contributed by atoms with Crippen LogP contribution in [0.4, 0.5) is 11.8 Å². The number of benzene rings is 2. The Balaban J connectivity index is 1.44. The zero-order valence-electron chi connectivity index (χ0n) is 29.5. The largest absolute Gasteiger partial charge is 0.475 e. The minimum Gasteiger partial charge on any atom is -0.475 e. The fourth-order valence-electron chi connectivity index (χ4n) is 6.62. The first-order valence-corrected chi connectivity index (χ1v) is 18.4. The van der Waals surface area contributed by atoms with E-state index in [0.29, 0.717) is 31.2 Å². The fourth-order valence-corrected chi connectivity index (χ4v) is 7.61. The summed E-state index contributed by atoms with van der Waals surface area (Å²) in [5, 5.41) is 0. The molecular formula is C37H45N7O5S. The van der Waals surface area contributed by atoms with E-state index in [1.807, 2.05) is 45.2 Å². The van der Waals surface area contributed by atoms with Crippen molar-refractivity contribution in [2.24, 2.45) is 5.41 Å². The van der Waals surface area contributed by atoms with Gasteiger partial charge < -0.3 is 19.3 Å². The summed E-state index contributed by atoms with van der Waals surface area (Å²) < 4.78 is 41.9. The summed E-state index contributed by atoms with van der Waals surface area (Å²) in [6.45, 7) is 11.8. The number of anilines is 2. The quantitative estimate of drug-likeness (QED) is 0.262. The Bertz CT molecular complexity index is 1950. The molecule has 4 bridgehead atoms. The third-order valence-electron chi connectivity index (χ3n) is 9.13. The van der Waals surface area contributed by atoms with Crippen LogP contribution in [0.25, 0.3) is 11.3 Å². The summed E-state index contributed by atoms with van der Waals surface area (Å²) in [5.41, 5.74) is 3.33. The van der Waals surface area contributed by atoms with Gasteiger partial charge in [-0.2, -0.15) is 4.98 Å². The molecule has 2 aliphatic heterocycles. The molecule has 6 rings (SSSR count). The maximum absolute atomic E-state index is 14.5. The number of carbonyl (C=O) groups excluding carboxylic acids is 1. The lowest BCUT2D eigenvalue weighted by atomic mass is 9.87. The predicted octanol–water partition coefficient (Wildman–Crippen LogP) is 5.81. The third-order valence-corrected chi connectivity index (χ3v) is 10.5. The Morgan fingerprint density at radius 3 is 2.42 bits per heavy atom. The average molecular weight is 700 g/mol. The molecule has 0 saturated carbocycles. The van der Waals surface area contributed by atoms with Gasteiger partial charge >= 0.3 is 0 Å². The van der Waals surface area contributed by atoms with E-state index in [-0.39, 0.29) is 52.8 Å². The zero-order valence-corrected chi connectivity index (χ0v) is 30.3. The van der Waals surface area contributed by atoms with Crippen molar-refractivity contribution in [1.29, 1.82) is 0 Å². The van der Waals surface area contributed by atoms with Crippen molar-refractivity contribution >= 4 is 27.7 Å². The molecule has 264 valence electrons. The first-order valence-electron chi connectivity index (χ1n) is 16.9. The molecule has 1 fully saturated rings. The van der Waals surface area contributed by atoms with E-state index in [2.05, 4.69) is 45.3 Å². The summed E-state index contributed by atoms with van der Waals surface area (Å²) in [6.07, 6.45) is 4.08. The van der Waals surface area contributed by atoms with E-state index < -0.39 is 16.1 Å². The Morgan fingerprint density at radius 1 is 0.980 bits per heavy atom. The number of ether oxygens (including phenoxy) is 2. The summed E-state index contributed by atoms with van der Waals surface area (Å²) >= 11 is 0. The fraction of sp³-hybridized carbons (Fsp3) is 0.432. The number of hydrogen-bond donors (Lipinski definition) is 1. The van der Waals surface area contributed by atoms with Crippen molar-refractivity contribution in [3.63, 3.8) is 0 Å². The van der Waals surface area contributed by atoms with E-state index in [4.69, 9.17) is 14.5 Å². The second kappa shape index (κ2) is 14.3. The van der Waals surface area contributed by atoms with Crippen molar-refractivity contribution < 1.29 is 22.7 Å². The van der Waals surface area contributed by atoms with Gasteiger partial charge in [0.15, 0.2) is 0 Å². The maximum Gasteiger partial charge on any atom is 0.264 e. The predicted molar refractivity (Wildman–Crippen MR) is 192 cm³/mol. The number of hydrogen-bond acceptors (Lipinski definition) is 10. The molecule has 2 aliphatic rings. The van der Waals surface area contributed by atoms with Crippen LogP contribution in [0.2, 0.25) is 0 Å². The Hall–Kier alpha value is -4.62. The van der Waals surface area contributed by atoms with E-state index >= 15 is 0 Å². The Labute approximate surface area is 294 Å². The van der Waals surface area contributed by atoms with Crippen LogP contribution in [0.15, 0.2) is 65.7 Å². The highest BCUT2D eigenvalue weighted by atomic mass is 32.2. The first kappa shape index (κ1) is 35.2. The van der Waals surface area contributed by atoms with Gasteiger partial charge in [0.2, 0.25) is 11.8 Å². The molecule has 1 saturated heterocycles. The highest BCUT2D eigenvalue weighted by molar-refractivity contribution is 7.92. The number of nitrogens with one attached hydrogen (secondary N) is 1. The number of fused-ring (bicyclic) bond motifs is 4. The second-order valence-electron chi connectivity index (χ2n) is 14.3. The molecule has 2 aromatic heterocycles. The molecule has 0 aliphatic carbocycles. The van der Waals surface area contributed by atoms with Gasteiger partial charge in [-0.25, -0.2) is 28.1 Å². The number of aryl methyl sites for hydroxylation is 2. The van der Waals surface area contributed by atoms with E-state index in [9.17, 15) is 13.2 Å². The molecule has 12 nitrogen and oxygen atoms in total. The van der Waals surface area contributed by atoms with Gasteiger partial charge in [0.05, 0.1) is 23.2 Å². The van der Waals surface area contributed by atoms with Gasteiger partial charge in [0.25, 0.3) is 15.9 Å². The second-order valence-corrected chi connectivity index (χ2v) is 15.9. The van der Waals surface area contributed by atoms with E-state index in [1.165, 1.54) is 12.1 Å². The van der Waals surface area contributed by atoms with Gasteiger partial charge in [-0.05, 0) is 73.9 Å². The van der Waals surface area contributed by atoms with Crippen LogP contribution in [0.3, 0.4) is 0 Å². The molecule has 13 heteroatoms. The van der Waals surface area contributed by atoms with Crippen LogP contribution in [0.5, 0.6) is 5.88 Å². The van der Waals surface area contributed by atoms with E-state index in [1.54, 1.807) is 29.3 Å². The van der Waals surface area contributed by atoms with Gasteiger partial charge in [-0.3, -0.25) is 4.79 Å². The first-order chi connectivity index (χ1) is 23.8. The summed E-state index contributed by atoms with van der Waals surface area (Å²) in [4.78, 5) is 36.9. The molecule has 50 heavy (non-hydrogen) atoms. The van der Waals surface area contributed by atoms with Crippen molar-refractivity contribution in [3.05, 3.63) is 83.3 Å². The summed E-state index contributed by atoms with van der Waals surface area (Å²) in [7, 11) is -2.17. The Morgan fingerprint density at radius 2 is 1.70 bits per heavy atom. The number of amides is 1. The van der Waals surface area contributed by atoms with Crippen LogP contribution in [0, 0.1) is 19.3 Å². The van der Waals surface area contributed by atoms with Crippen molar-refractivity contribution in [3.8, 4) is 17.1 Å². The smallest absolute Gasteiger partial charge is 0.264 e. The van der Waals surface area contributed by atoms with Crippen LogP contribution in [-0.4, -0.2) is 78.1 Å². The molecule has 2 aromatic carbocycles. The highest BCUT2D eigenvalue weighted by Gasteiger charge is 2.32. The number of nitrogens with zero attached hydrogens (tertiary/aromatic N) is 6. The third kappa shape index (κ3) is 8.05. The van der Waals surface area contributed by atoms with Gasteiger partial charge in [0.1, 0.15) is 18.2 Å². The number of rotatable bonds is 6. The number of sulfonamides is 1. The minimum absolute atomic E-state index is 0.0797. The average Bonchev–Trinajstić information content (AvgIpc) is 3.08. The van der Waals surface area contributed by atoms with Crippen LogP contribution in [-0.2, 0) is 21.3 Å². The molecule has 4 aromatic rings. The zero-order chi connectivity index (χ0) is 35.6. The normalized spacial score (nSPS) is 18.2. The molecule has 0 unspecified atom stereocenters. The van der Waals surface area contributed by atoms with Crippen LogP contribution < -0.4 is 14.4 Å². The lowest BCUT2D eigenvalue weighted by Crippen LogP contribution is -2.45. The van der Waals surface area contributed by atoms with Crippen LogP contribution in [0.1, 0.15) is 67.3 Å². The SMILES string of the molecule is Cc1cccc(C)c1-c1cc2nc(n1)NS(=O)(=O)c1cccc(c1)C(=O)N(Cc1nccc(N(C)C3CCOCC3)n1)[C@H](CC(C)(C)C)CO2. The molecule has 1 atom stereocenters. The Kier molecular flexibility index (Phi) is 10.1. The van der Waals surface area contributed by atoms with Crippen molar-refractivity contribution in [2.45, 2.75) is 77.4 Å². The lowest BCUT2D eigenvalue weighted by Gasteiger charge is -2.35. The molecule has 4 heterocycles. The topological polar surface area (TPSA) is 140 Å². The highest BCUT2D eigenvalue weighted by Crippen LogP contribution is 2.32. The maximum atomic E-state index is 14.5. The molecule has 0 radical (unpaired) electrons. The van der Waals surface area contributed by atoms with Gasteiger partial charge in [0, 0.05) is 49.7 Å². The molecule has 1 N–H and O–H groups in total. The van der Waals surface area contributed by atoms with Gasteiger partial charge in [-0.1, -0.05) is 45.0 Å². The summed E-state index contributed by atoms with van der Waals surface area (Å²) in [5.74, 6) is 0.920. The summed E-state index contributed by atoms with van der Waals surface area (Å²) in [6, 6.07) is 15.3. The monoisotopic (exact) mass is 699 g/mol. The van der Waals surface area contributed by atoms with Crippen molar-refractivity contribution in [2.75, 3.05) is 36.5 Å². The number of aromatic nitrogens is 4.